The highest BCUT2D eigenvalue weighted by molar-refractivity contribution is 6.89. The Kier molecular flexibility index (Phi) is 1.96. The van der Waals surface area contributed by atoms with Crippen LogP contribution in [0, 0.1) is 0 Å². The van der Waals surface area contributed by atoms with E-state index >= 15 is 0 Å². The predicted octanol–water partition coefficient (Wildman–Crippen LogP) is 0.726. The SMILES string of the molecule is C[Si](C)(CO)c1ccoc1. The van der Waals surface area contributed by atoms with Gasteiger partial charge < -0.3 is 9.52 Å². The average Bonchev–Trinajstić information content (AvgIpc) is 2.38. The van der Waals surface area contributed by atoms with Crippen LogP contribution in [0.4, 0.5) is 0 Å². The van der Waals surface area contributed by atoms with E-state index in [1.807, 2.05) is 6.07 Å². The van der Waals surface area contributed by atoms with Crippen molar-refractivity contribution in [2.24, 2.45) is 0 Å². The summed E-state index contributed by atoms with van der Waals surface area (Å²) < 4.78 is 4.93. The molecule has 0 atom stereocenters. The van der Waals surface area contributed by atoms with Crippen molar-refractivity contribution in [3.63, 3.8) is 0 Å². The zero-order valence-electron chi connectivity index (χ0n) is 6.29. The van der Waals surface area contributed by atoms with Crippen molar-refractivity contribution < 1.29 is 9.52 Å². The summed E-state index contributed by atoms with van der Waals surface area (Å²) in [6.07, 6.45) is 3.66. The van der Waals surface area contributed by atoms with Crippen LogP contribution in [0.15, 0.2) is 23.0 Å². The Morgan fingerprint density at radius 2 is 2.30 bits per heavy atom. The third-order valence-electron chi connectivity index (χ3n) is 1.70. The largest absolute Gasteiger partial charge is 0.473 e. The second-order valence-corrected chi connectivity index (χ2v) is 7.72. The van der Waals surface area contributed by atoms with E-state index in [9.17, 15) is 0 Å². The Bertz CT molecular complexity index is 191. The predicted molar refractivity (Wildman–Crippen MR) is 42.9 cm³/mol. The van der Waals surface area contributed by atoms with E-state index in [0.29, 0.717) is 0 Å². The summed E-state index contributed by atoms with van der Waals surface area (Å²) in [7, 11) is -1.54. The summed E-state index contributed by atoms with van der Waals surface area (Å²) in [5, 5.41) is 10.2. The molecule has 1 heterocycles. The van der Waals surface area contributed by atoms with Crippen molar-refractivity contribution in [1.29, 1.82) is 0 Å². The van der Waals surface area contributed by atoms with Gasteiger partial charge in [0.1, 0.15) is 8.07 Å². The Labute approximate surface area is 61.5 Å². The molecule has 1 aromatic heterocycles. The van der Waals surface area contributed by atoms with Gasteiger partial charge in [-0.05, 0) is 11.3 Å². The fraction of sp³-hybridized carbons (Fsp3) is 0.429. The Morgan fingerprint density at radius 1 is 1.60 bits per heavy atom. The van der Waals surface area contributed by atoms with Crippen LogP contribution < -0.4 is 5.19 Å². The quantitative estimate of drug-likeness (QED) is 0.640. The van der Waals surface area contributed by atoms with Gasteiger partial charge in [-0.2, -0.15) is 0 Å². The summed E-state index contributed by atoms with van der Waals surface area (Å²) in [5.74, 6) is 0. The van der Waals surface area contributed by atoms with Crippen LogP contribution in [-0.2, 0) is 0 Å². The summed E-state index contributed by atoms with van der Waals surface area (Å²) in [6.45, 7) is 4.22. The summed E-state index contributed by atoms with van der Waals surface area (Å²) >= 11 is 0. The third-order valence-corrected chi connectivity index (χ3v) is 4.34. The normalized spacial score (nSPS) is 11.9. The van der Waals surface area contributed by atoms with E-state index < -0.39 is 8.07 Å². The zero-order chi connectivity index (χ0) is 7.61. The Hall–Kier alpha value is -0.543. The molecule has 0 amide bonds. The second-order valence-electron chi connectivity index (χ2n) is 3.05. The number of hydrogen-bond donors (Lipinski definition) is 1. The summed E-state index contributed by atoms with van der Waals surface area (Å²) in [6, 6.07) is 1.93. The van der Waals surface area contributed by atoms with Gasteiger partial charge >= 0.3 is 0 Å². The maximum absolute atomic E-state index is 8.99. The Balaban J connectivity index is 2.85. The fourth-order valence-electron chi connectivity index (χ4n) is 0.741. The van der Waals surface area contributed by atoms with Crippen LogP contribution in [0.5, 0.6) is 0 Å². The molecule has 0 fully saturated rings. The van der Waals surface area contributed by atoms with Gasteiger partial charge in [0.2, 0.25) is 0 Å². The monoisotopic (exact) mass is 156 g/mol. The standard InChI is InChI=1S/C7H12O2Si/c1-10(2,6-8)7-3-4-9-5-7/h3-5,8H,6H2,1-2H3. The van der Waals surface area contributed by atoms with Crippen molar-refractivity contribution in [3.05, 3.63) is 18.6 Å². The summed E-state index contributed by atoms with van der Waals surface area (Å²) in [5.41, 5.74) is 0. The van der Waals surface area contributed by atoms with Crippen molar-refractivity contribution in [2.45, 2.75) is 13.1 Å². The van der Waals surface area contributed by atoms with E-state index in [1.165, 1.54) is 5.19 Å². The third kappa shape index (κ3) is 1.30. The van der Waals surface area contributed by atoms with Gasteiger partial charge in [-0.25, -0.2) is 0 Å². The second kappa shape index (κ2) is 2.60. The van der Waals surface area contributed by atoms with Gasteiger partial charge in [-0.3, -0.25) is 0 Å². The van der Waals surface area contributed by atoms with Crippen molar-refractivity contribution in [2.75, 3.05) is 6.23 Å². The highest BCUT2D eigenvalue weighted by Gasteiger charge is 2.22. The number of aliphatic hydroxyl groups is 1. The summed E-state index contributed by atoms with van der Waals surface area (Å²) in [4.78, 5) is 0. The minimum Gasteiger partial charge on any atom is -0.473 e. The number of rotatable bonds is 2. The smallest absolute Gasteiger partial charge is 0.113 e. The van der Waals surface area contributed by atoms with E-state index in [4.69, 9.17) is 9.52 Å². The van der Waals surface area contributed by atoms with Crippen LogP contribution in [0.2, 0.25) is 13.1 Å². The first kappa shape index (κ1) is 7.56. The molecule has 3 heteroatoms. The van der Waals surface area contributed by atoms with E-state index in [1.54, 1.807) is 12.5 Å². The molecule has 0 aliphatic heterocycles. The lowest BCUT2D eigenvalue weighted by molar-refractivity contribution is 0.360. The first-order valence-electron chi connectivity index (χ1n) is 3.30. The van der Waals surface area contributed by atoms with Crippen molar-refractivity contribution in [3.8, 4) is 0 Å². The van der Waals surface area contributed by atoms with Gasteiger partial charge in [0.05, 0.1) is 12.5 Å². The molecule has 0 aliphatic carbocycles. The molecule has 2 nitrogen and oxygen atoms in total. The molecule has 0 unspecified atom stereocenters. The molecule has 0 aromatic carbocycles. The lowest BCUT2D eigenvalue weighted by Gasteiger charge is -2.15. The first-order chi connectivity index (χ1) is 4.67. The highest BCUT2D eigenvalue weighted by Crippen LogP contribution is 2.01. The molecular formula is C7H12O2Si. The lowest BCUT2D eigenvalue weighted by atomic mass is 10.7. The van der Waals surface area contributed by atoms with Gasteiger partial charge in [0.15, 0.2) is 0 Å². The fourth-order valence-corrected chi connectivity index (χ4v) is 1.83. The van der Waals surface area contributed by atoms with Gasteiger partial charge in [0.25, 0.3) is 0 Å². The maximum atomic E-state index is 8.99. The molecule has 56 valence electrons. The minimum atomic E-state index is -1.54. The molecular weight excluding hydrogens is 144 g/mol. The number of aliphatic hydroxyl groups excluding tert-OH is 1. The molecule has 0 radical (unpaired) electrons. The van der Waals surface area contributed by atoms with Crippen molar-refractivity contribution >= 4 is 13.3 Å². The molecule has 0 aliphatic rings. The van der Waals surface area contributed by atoms with Crippen LogP contribution in [-0.4, -0.2) is 19.4 Å². The van der Waals surface area contributed by atoms with E-state index in [0.717, 1.165) is 0 Å². The highest BCUT2D eigenvalue weighted by atomic mass is 28.3. The maximum Gasteiger partial charge on any atom is 0.113 e. The van der Waals surface area contributed by atoms with E-state index in [2.05, 4.69) is 13.1 Å². The first-order valence-corrected chi connectivity index (χ1v) is 6.51. The molecule has 0 bridgehead atoms. The average molecular weight is 156 g/mol. The van der Waals surface area contributed by atoms with Crippen LogP contribution >= 0.6 is 0 Å². The molecule has 0 saturated carbocycles. The van der Waals surface area contributed by atoms with Crippen LogP contribution in [0.3, 0.4) is 0 Å². The number of furan rings is 1. The molecule has 10 heavy (non-hydrogen) atoms. The molecule has 1 N–H and O–H groups in total. The van der Waals surface area contributed by atoms with Gasteiger partial charge in [-0.1, -0.05) is 13.1 Å². The van der Waals surface area contributed by atoms with Gasteiger partial charge in [-0.15, -0.1) is 0 Å². The van der Waals surface area contributed by atoms with Crippen molar-refractivity contribution in [1.82, 2.24) is 0 Å². The van der Waals surface area contributed by atoms with Crippen LogP contribution in [0.1, 0.15) is 0 Å². The molecule has 1 rings (SSSR count). The van der Waals surface area contributed by atoms with E-state index in [-0.39, 0.29) is 6.23 Å². The minimum absolute atomic E-state index is 0.284. The number of hydrogen-bond acceptors (Lipinski definition) is 2. The van der Waals surface area contributed by atoms with Gasteiger partial charge in [0, 0.05) is 6.23 Å². The topological polar surface area (TPSA) is 33.4 Å². The molecule has 0 spiro atoms. The van der Waals surface area contributed by atoms with Crippen LogP contribution in [0.25, 0.3) is 0 Å². The zero-order valence-corrected chi connectivity index (χ0v) is 7.29. The molecule has 1 aromatic rings. The Morgan fingerprint density at radius 3 is 2.70 bits per heavy atom. The lowest BCUT2D eigenvalue weighted by Crippen LogP contribution is -2.44. The molecule has 0 saturated heterocycles.